The molecule has 172 valence electrons. The zero-order valence-corrected chi connectivity index (χ0v) is 19.0. The van der Waals surface area contributed by atoms with Crippen LogP contribution in [0.5, 0.6) is 0 Å². The molecule has 1 heterocycles. The molecule has 2 N–H and O–H groups in total. The first kappa shape index (κ1) is 24.0. The Bertz CT molecular complexity index is 1230. The minimum absolute atomic E-state index is 0.0148. The van der Waals surface area contributed by atoms with Crippen molar-refractivity contribution in [3.05, 3.63) is 57.1 Å². The molecule has 0 aliphatic rings. The average molecular weight is 492 g/mol. The number of fused-ring (bicyclic) bond motifs is 1. The van der Waals surface area contributed by atoms with Crippen LogP contribution in [0.4, 0.5) is 11.4 Å². The third kappa shape index (κ3) is 5.79. The summed E-state index contributed by atoms with van der Waals surface area (Å²) in [6.07, 6.45) is 0. The van der Waals surface area contributed by atoms with Crippen molar-refractivity contribution < 1.29 is 24.0 Å². The minimum atomic E-state index is -1.12. The molecular formula is C20H18ClN5O6S. The molecule has 0 fully saturated rings. The second-order valence-corrected chi connectivity index (χ2v) is 8.15. The molecule has 11 nitrogen and oxygen atoms in total. The van der Waals surface area contributed by atoms with Gasteiger partial charge < -0.3 is 15.4 Å². The molecule has 1 aromatic heterocycles. The number of nitrogens with zero attached hydrogens (tertiary/aromatic N) is 3. The van der Waals surface area contributed by atoms with Crippen molar-refractivity contribution >= 4 is 63.5 Å². The Hall–Kier alpha value is -3.64. The Balaban J connectivity index is 1.64. The number of carbonyl (C=O) groups is 3. The highest BCUT2D eigenvalue weighted by molar-refractivity contribution is 7.00. The SMILES string of the molecule is CC(C)[C@@H](NC(=O)c1cc([N+](=O)[O-])ccc1Cl)C(=O)OCC(=O)Nc1cccc2nsnc12. The maximum atomic E-state index is 12.6. The number of hydrogen-bond acceptors (Lipinski definition) is 9. The van der Waals surface area contributed by atoms with Gasteiger partial charge in [-0.25, -0.2) is 4.79 Å². The predicted molar refractivity (Wildman–Crippen MR) is 121 cm³/mol. The van der Waals surface area contributed by atoms with Crippen molar-refractivity contribution in [3.8, 4) is 0 Å². The van der Waals surface area contributed by atoms with Crippen LogP contribution in [0, 0.1) is 16.0 Å². The number of non-ortho nitro benzene ring substituents is 1. The first-order valence-corrected chi connectivity index (χ1v) is 10.7. The molecule has 0 aliphatic heterocycles. The summed E-state index contributed by atoms with van der Waals surface area (Å²) >= 11 is 6.99. The molecule has 1 atom stereocenters. The van der Waals surface area contributed by atoms with Gasteiger partial charge in [-0.2, -0.15) is 8.75 Å². The van der Waals surface area contributed by atoms with Crippen LogP contribution in [0.2, 0.25) is 5.02 Å². The number of esters is 1. The van der Waals surface area contributed by atoms with Crippen LogP contribution < -0.4 is 10.6 Å². The van der Waals surface area contributed by atoms with Crippen molar-refractivity contribution in [2.75, 3.05) is 11.9 Å². The van der Waals surface area contributed by atoms with Crippen LogP contribution in [0.15, 0.2) is 36.4 Å². The molecule has 13 heteroatoms. The van der Waals surface area contributed by atoms with E-state index in [-0.39, 0.29) is 16.3 Å². The Morgan fingerprint density at radius 3 is 2.67 bits per heavy atom. The van der Waals surface area contributed by atoms with Crippen molar-refractivity contribution in [2.45, 2.75) is 19.9 Å². The number of ether oxygens (including phenoxy) is 1. The van der Waals surface area contributed by atoms with E-state index in [1.807, 2.05) is 0 Å². The Kier molecular flexibility index (Phi) is 7.51. The minimum Gasteiger partial charge on any atom is -0.454 e. The van der Waals surface area contributed by atoms with Crippen molar-refractivity contribution in [1.82, 2.24) is 14.1 Å². The van der Waals surface area contributed by atoms with Crippen LogP contribution >= 0.6 is 23.3 Å². The van der Waals surface area contributed by atoms with E-state index in [9.17, 15) is 24.5 Å². The maximum absolute atomic E-state index is 12.6. The van der Waals surface area contributed by atoms with Crippen LogP contribution in [-0.2, 0) is 14.3 Å². The fraction of sp³-hybridized carbons (Fsp3) is 0.250. The van der Waals surface area contributed by atoms with Gasteiger partial charge in [0.2, 0.25) is 0 Å². The van der Waals surface area contributed by atoms with Crippen LogP contribution in [-0.4, -0.2) is 44.1 Å². The third-order valence-corrected chi connectivity index (χ3v) is 5.39. The number of aromatic nitrogens is 2. The van der Waals surface area contributed by atoms with E-state index in [0.29, 0.717) is 16.7 Å². The van der Waals surface area contributed by atoms with Gasteiger partial charge in [0.1, 0.15) is 17.1 Å². The Morgan fingerprint density at radius 2 is 1.97 bits per heavy atom. The van der Waals surface area contributed by atoms with Crippen LogP contribution in [0.25, 0.3) is 11.0 Å². The number of amides is 2. The highest BCUT2D eigenvalue weighted by atomic mass is 35.5. The molecule has 0 saturated carbocycles. The summed E-state index contributed by atoms with van der Waals surface area (Å²) in [6, 6.07) is 7.37. The number of halogens is 1. The molecule has 0 spiro atoms. The van der Waals surface area contributed by atoms with Crippen molar-refractivity contribution in [3.63, 3.8) is 0 Å². The number of hydrogen-bond donors (Lipinski definition) is 2. The molecule has 0 aliphatic carbocycles. The third-order valence-electron chi connectivity index (χ3n) is 4.52. The van der Waals surface area contributed by atoms with E-state index in [1.54, 1.807) is 32.0 Å². The first-order chi connectivity index (χ1) is 15.7. The normalized spacial score (nSPS) is 11.8. The van der Waals surface area contributed by atoms with E-state index in [0.717, 1.165) is 23.9 Å². The smallest absolute Gasteiger partial charge is 0.329 e. The van der Waals surface area contributed by atoms with E-state index in [2.05, 4.69) is 19.4 Å². The van der Waals surface area contributed by atoms with Gasteiger partial charge in [-0.15, -0.1) is 0 Å². The summed E-state index contributed by atoms with van der Waals surface area (Å²) < 4.78 is 13.3. The lowest BCUT2D eigenvalue weighted by Gasteiger charge is -2.21. The number of nitro benzene ring substituents is 1. The van der Waals surface area contributed by atoms with Gasteiger partial charge in [0.25, 0.3) is 17.5 Å². The fourth-order valence-corrected chi connectivity index (χ4v) is 3.59. The lowest BCUT2D eigenvalue weighted by Crippen LogP contribution is -2.46. The first-order valence-electron chi connectivity index (χ1n) is 9.60. The number of rotatable bonds is 8. The molecule has 33 heavy (non-hydrogen) atoms. The Morgan fingerprint density at radius 1 is 1.21 bits per heavy atom. The van der Waals surface area contributed by atoms with E-state index >= 15 is 0 Å². The molecule has 0 saturated heterocycles. The zero-order chi connectivity index (χ0) is 24.1. The van der Waals surface area contributed by atoms with Gasteiger partial charge in [-0.1, -0.05) is 31.5 Å². The Labute approximate surface area is 196 Å². The molecule has 2 amide bonds. The van der Waals surface area contributed by atoms with E-state index in [1.165, 1.54) is 6.07 Å². The lowest BCUT2D eigenvalue weighted by atomic mass is 10.0. The number of anilines is 1. The molecule has 3 aromatic rings. The monoisotopic (exact) mass is 491 g/mol. The summed E-state index contributed by atoms with van der Waals surface area (Å²) in [5.41, 5.74) is 1.08. The molecule has 0 radical (unpaired) electrons. The predicted octanol–water partition coefficient (Wildman–Crippen LogP) is 3.19. The highest BCUT2D eigenvalue weighted by Crippen LogP contribution is 2.23. The topological polar surface area (TPSA) is 153 Å². The number of carbonyl (C=O) groups excluding carboxylic acids is 3. The molecule has 0 unspecified atom stereocenters. The van der Waals surface area contributed by atoms with E-state index in [4.69, 9.17) is 16.3 Å². The number of benzene rings is 2. The summed E-state index contributed by atoms with van der Waals surface area (Å²) in [6.45, 7) is 2.73. The zero-order valence-electron chi connectivity index (χ0n) is 17.4. The number of nitrogens with one attached hydrogen (secondary N) is 2. The second-order valence-electron chi connectivity index (χ2n) is 7.21. The van der Waals surface area contributed by atoms with Gasteiger partial charge in [0.15, 0.2) is 6.61 Å². The van der Waals surface area contributed by atoms with Gasteiger partial charge in [-0.3, -0.25) is 19.7 Å². The van der Waals surface area contributed by atoms with E-state index < -0.39 is 41.3 Å². The molecule has 0 bridgehead atoms. The van der Waals surface area contributed by atoms with Crippen molar-refractivity contribution in [2.24, 2.45) is 5.92 Å². The lowest BCUT2D eigenvalue weighted by molar-refractivity contribution is -0.384. The second kappa shape index (κ2) is 10.3. The van der Waals surface area contributed by atoms with Crippen molar-refractivity contribution in [1.29, 1.82) is 0 Å². The summed E-state index contributed by atoms with van der Waals surface area (Å²) in [5, 5.41) is 16.0. The largest absolute Gasteiger partial charge is 0.454 e. The number of nitro groups is 1. The quantitative estimate of drug-likeness (QED) is 0.276. The van der Waals surface area contributed by atoms with Gasteiger partial charge in [0, 0.05) is 12.1 Å². The fourth-order valence-electron chi connectivity index (χ4n) is 2.84. The maximum Gasteiger partial charge on any atom is 0.329 e. The summed E-state index contributed by atoms with van der Waals surface area (Å²) in [7, 11) is 0. The summed E-state index contributed by atoms with van der Waals surface area (Å²) in [4.78, 5) is 47.8. The standard InChI is InChI=1S/C20H18ClN5O6S/c1-10(2)17(23-19(28)12-8-11(26(30)31)6-7-13(12)21)20(29)32-9-16(27)22-14-4-3-5-15-18(14)25-33-24-15/h3-8,10,17H,9H2,1-2H3,(H,22,27)(H,23,28)/t17-/m1/s1. The average Bonchev–Trinajstić information content (AvgIpc) is 3.25. The van der Waals surface area contributed by atoms with Gasteiger partial charge >= 0.3 is 5.97 Å². The van der Waals surface area contributed by atoms with Crippen LogP contribution in [0.3, 0.4) is 0 Å². The molecular weight excluding hydrogens is 474 g/mol. The summed E-state index contributed by atoms with van der Waals surface area (Å²) in [5.74, 6) is -2.63. The van der Waals surface area contributed by atoms with Gasteiger partial charge in [0.05, 0.1) is 32.9 Å². The van der Waals surface area contributed by atoms with Gasteiger partial charge in [-0.05, 0) is 24.1 Å². The molecule has 2 aromatic carbocycles. The highest BCUT2D eigenvalue weighted by Gasteiger charge is 2.28. The molecule has 3 rings (SSSR count). The van der Waals surface area contributed by atoms with Crippen LogP contribution in [0.1, 0.15) is 24.2 Å².